The van der Waals surface area contributed by atoms with E-state index in [-0.39, 0.29) is 11.9 Å². The number of ether oxygens (including phenoxy) is 1. The summed E-state index contributed by atoms with van der Waals surface area (Å²) < 4.78 is 11.3. The Kier molecular flexibility index (Phi) is 5.20. The molecule has 1 saturated carbocycles. The molecule has 1 unspecified atom stereocenters. The molecule has 1 N–H and O–H groups in total. The summed E-state index contributed by atoms with van der Waals surface area (Å²) >= 11 is 1.39. The zero-order valence-electron chi connectivity index (χ0n) is 16.5. The average Bonchev–Trinajstić information content (AvgIpc) is 3.49. The first-order valence-corrected chi connectivity index (χ1v) is 10.6. The second-order valence-electron chi connectivity index (χ2n) is 7.09. The molecular weight excluding hydrogens is 386 g/mol. The number of hydrogen-bond donors (Lipinski definition) is 1. The molecular formula is C22H21N3O3S. The molecule has 0 aliphatic heterocycles. The lowest BCUT2D eigenvalue weighted by Gasteiger charge is -2.14. The number of carbonyl (C=O) groups is 1. The zero-order chi connectivity index (χ0) is 20.5. The Labute approximate surface area is 173 Å². The lowest BCUT2D eigenvalue weighted by Crippen LogP contribution is -2.27. The number of amides is 1. The number of nitrogens with one attached hydrogen (secondary N) is 1. The van der Waals surface area contributed by atoms with E-state index in [0.29, 0.717) is 39.2 Å². The predicted molar refractivity (Wildman–Crippen MR) is 111 cm³/mol. The van der Waals surface area contributed by atoms with Gasteiger partial charge in [0, 0.05) is 17.0 Å². The van der Waals surface area contributed by atoms with Gasteiger partial charge in [-0.05, 0) is 44.2 Å². The fourth-order valence-electron chi connectivity index (χ4n) is 3.34. The number of nitriles is 1. The zero-order valence-corrected chi connectivity index (χ0v) is 17.3. The maximum Gasteiger partial charge on any atom is 0.253 e. The number of benzene rings is 1. The van der Waals surface area contributed by atoms with Gasteiger partial charge < -0.3 is 14.5 Å². The fourth-order valence-corrected chi connectivity index (χ4v) is 3.90. The van der Waals surface area contributed by atoms with Gasteiger partial charge in [-0.1, -0.05) is 12.1 Å². The van der Waals surface area contributed by atoms with E-state index in [1.807, 2.05) is 37.4 Å². The first-order chi connectivity index (χ1) is 14.0. The van der Waals surface area contributed by atoms with Crippen molar-refractivity contribution < 1.29 is 13.9 Å². The Hall–Kier alpha value is -2.98. The molecule has 0 saturated heterocycles. The van der Waals surface area contributed by atoms with Gasteiger partial charge in [0.1, 0.15) is 16.9 Å². The average molecular weight is 407 g/mol. The Bertz CT molecular complexity index is 1130. The smallest absolute Gasteiger partial charge is 0.253 e. The van der Waals surface area contributed by atoms with Crippen molar-refractivity contribution >= 4 is 28.6 Å². The second kappa shape index (κ2) is 7.80. The van der Waals surface area contributed by atoms with Gasteiger partial charge >= 0.3 is 0 Å². The molecule has 3 aromatic rings. The summed E-state index contributed by atoms with van der Waals surface area (Å²) in [6.07, 6.45) is 4.02. The third-order valence-corrected chi connectivity index (χ3v) is 5.75. The van der Waals surface area contributed by atoms with Crippen LogP contribution in [0, 0.1) is 11.3 Å². The number of hydrogen-bond acceptors (Lipinski definition) is 6. The topological polar surface area (TPSA) is 88.1 Å². The highest BCUT2D eigenvalue weighted by Crippen LogP contribution is 2.40. The molecule has 2 heterocycles. The summed E-state index contributed by atoms with van der Waals surface area (Å²) in [5.41, 5.74) is 2.22. The Morgan fingerprint density at radius 1 is 1.41 bits per heavy atom. The van der Waals surface area contributed by atoms with Gasteiger partial charge in [-0.25, -0.2) is 4.98 Å². The van der Waals surface area contributed by atoms with Crippen LogP contribution in [0.2, 0.25) is 0 Å². The number of aromatic nitrogens is 1. The summed E-state index contributed by atoms with van der Waals surface area (Å²) in [6, 6.07) is 11.1. The number of furan rings is 1. The number of fused-ring (bicyclic) bond motifs is 1. The minimum absolute atomic E-state index is 0.305. The minimum Gasteiger partial charge on any atom is -0.493 e. The van der Waals surface area contributed by atoms with E-state index in [1.54, 1.807) is 13.2 Å². The summed E-state index contributed by atoms with van der Waals surface area (Å²) in [5, 5.41) is 14.1. The Morgan fingerprint density at radius 3 is 2.86 bits per heavy atom. The molecule has 0 bridgehead atoms. The van der Waals surface area contributed by atoms with Crippen LogP contribution in [0.1, 0.15) is 59.1 Å². The molecule has 1 amide bonds. The third-order valence-electron chi connectivity index (χ3n) is 5.07. The monoisotopic (exact) mass is 407 g/mol. The molecule has 0 spiro atoms. The first-order valence-electron chi connectivity index (χ1n) is 9.42. The lowest BCUT2D eigenvalue weighted by atomic mass is 10.1. The molecule has 1 aliphatic carbocycles. The van der Waals surface area contributed by atoms with E-state index in [2.05, 4.69) is 16.4 Å². The van der Waals surface area contributed by atoms with Crippen LogP contribution in [-0.4, -0.2) is 24.3 Å². The van der Waals surface area contributed by atoms with Crippen LogP contribution in [0.25, 0.3) is 11.0 Å². The van der Waals surface area contributed by atoms with Gasteiger partial charge in [0.05, 0.1) is 24.3 Å². The fraction of sp³-hybridized carbons (Fsp3) is 0.318. The van der Waals surface area contributed by atoms with Crippen LogP contribution in [0.5, 0.6) is 5.75 Å². The van der Waals surface area contributed by atoms with Gasteiger partial charge in [-0.2, -0.15) is 5.26 Å². The molecule has 1 aliphatic rings. The van der Waals surface area contributed by atoms with Gasteiger partial charge in [0.15, 0.2) is 11.3 Å². The Morgan fingerprint density at radius 2 is 2.21 bits per heavy atom. The van der Waals surface area contributed by atoms with Crippen LogP contribution in [0.3, 0.4) is 0 Å². The molecule has 1 atom stereocenters. The van der Waals surface area contributed by atoms with Crippen molar-refractivity contribution in [3.8, 4) is 11.8 Å². The van der Waals surface area contributed by atoms with E-state index in [0.717, 1.165) is 23.9 Å². The molecule has 6 nitrogen and oxygen atoms in total. The van der Waals surface area contributed by atoms with Crippen molar-refractivity contribution in [3.63, 3.8) is 0 Å². The van der Waals surface area contributed by atoms with Gasteiger partial charge in [0.25, 0.3) is 5.91 Å². The third kappa shape index (κ3) is 3.68. The molecule has 2 aromatic heterocycles. The number of thioether (sulfide) groups is 1. The normalized spacial score (nSPS) is 14.4. The van der Waals surface area contributed by atoms with Crippen LogP contribution in [0.4, 0.5) is 0 Å². The van der Waals surface area contributed by atoms with Crippen molar-refractivity contribution in [1.82, 2.24) is 10.3 Å². The molecule has 1 fully saturated rings. The minimum atomic E-state index is -0.374. The highest BCUT2D eigenvalue weighted by Gasteiger charge is 2.29. The molecule has 0 radical (unpaired) electrons. The number of methoxy groups -OCH3 is 1. The summed E-state index contributed by atoms with van der Waals surface area (Å²) in [7, 11) is 1.59. The van der Waals surface area contributed by atoms with E-state index in [9.17, 15) is 10.1 Å². The number of nitrogens with zero attached hydrogens (tertiary/aromatic N) is 2. The Balaban J connectivity index is 1.64. The summed E-state index contributed by atoms with van der Waals surface area (Å²) in [5.74, 6) is 1.35. The van der Waals surface area contributed by atoms with E-state index >= 15 is 0 Å². The maximum absolute atomic E-state index is 13.0. The first kappa shape index (κ1) is 19.3. The maximum atomic E-state index is 13.0. The molecule has 29 heavy (non-hydrogen) atoms. The van der Waals surface area contributed by atoms with Crippen molar-refractivity contribution in [2.45, 2.75) is 36.8 Å². The predicted octanol–water partition coefficient (Wildman–Crippen LogP) is 4.80. The van der Waals surface area contributed by atoms with Crippen molar-refractivity contribution in [2.24, 2.45) is 0 Å². The number of para-hydroxylation sites is 1. The lowest BCUT2D eigenvalue weighted by molar-refractivity contribution is 0.0935. The van der Waals surface area contributed by atoms with E-state index in [1.165, 1.54) is 11.8 Å². The summed E-state index contributed by atoms with van der Waals surface area (Å²) in [4.78, 5) is 17.6. The highest BCUT2D eigenvalue weighted by atomic mass is 32.2. The molecule has 148 valence electrons. The van der Waals surface area contributed by atoms with Crippen LogP contribution >= 0.6 is 11.8 Å². The van der Waals surface area contributed by atoms with E-state index < -0.39 is 0 Å². The molecule has 7 heteroatoms. The number of rotatable bonds is 6. The van der Waals surface area contributed by atoms with Crippen molar-refractivity contribution in [1.29, 1.82) is 5.26 Å². The largest absolute Gasteiger partial charge is 0.493 e. The standard InChI is InChI=1S/C22H21N3O3S/c1-12(19-9-14-5-4-6-18(27-2)20(14)28-19)24-21(26)15-10-17(13-7-8-13)25-22(29-3)16(15)11-23/h4-6,9-10,12-13H,7-8H2,1-3H3,(H,24,26). The van der Waals surface area contributed by atoms with Gasteiger partial charge in [0.2, 0.25) is 0 Å². The van der Waals surface area contributed by atoms with Gasteiger partial charge in [-0.15, -0.1) is 11.8 Å². The van der Waals surface area contributed by atoms with E-state index in [4.69, 9.17) is 9.15 Å². The van der Waals surface area contributed by atoms with Crippen molar-refractivity contribution in [3.05, 3.63) is 52.9 Å². The summed E-state index contributed by atoms with van der Waals surface area (Å²) in [6.45, 7) is 1.85. The SMILES string of the molecule is COc1cccc2cc(C(C)NC(=O)c3cc(C4CC4)nc(SC)c3C#N)oc12. The number of carbonyl (C=O) groups excluding carboxylic acids is 1. The second-order valence-corrected chi connectivity index (χ2v) is 7.88. The quantitative estimate of drug-likeness (QED) is 0.591. The van der Waals surface area contributed by atoms with Gasteiger partial charge in [-0.3, -0.25) is 4.79 Å². The highest BCUT2D eigenvalue weighted by molar-refractivity contribution is 7.98. The van der Waals surface area contributed by atoms with Crippen LogP contribution < -0.4 is 10.1 Å². The molecule has 4 rings (SSSR count). The molecule has 1 aromatic carbocycles. The number of pyridine rings is 1. The van der Waals surface area contributed by atoms with Crippen LogP contribution in [0.15, 0.2) is 39.8 Å². The van der Waals surface area contributed by atoms with Crippen molar-refractivity contribution in [2.75, 3.05) is 13.4 Å². The van der Waals surface area contributed by atoms with Crippen LogP contribution in [-0.2, 0) is 0 Å².